The summed E-state index contributed by atoms with van der Waals surface area (Å²) in [6, 6.07) is 1.80. The molecule has 1 atom stereocenters. The van der Waals surface area contributed by atoms with Gasteiger partial charge in [-0.25, -0.2) is 14.6 Å². The van der Waals surface area contributed by atoms with Crippen molar-refractivity contribution in [1.82, 2.24) is 25.3 Å². The van der Waals surface area contributed by atoms with E-state index in [1.165, 1.54) is 23.0 Å². The normalized spacial score (nSPS) is 12.2. The minimum atomic E-state index is -1.08. The third-order valence-corrected chi connectivity index (χ3v) is 3.45. The molecular weight excluding hydrogens is 314 g/mol. The number of carboxylic acid groups (broad SMARTS) is 1. The van der Waals surface area contributed by atoms with Crippen LogP contribution in [0, 0.1) is 12.8 Å². The number of aromatic amines is 1. The molecule has 2 heterocycles. The minimum Gasteiger partial charge on any atom is -0.480 e. The van der Waals surface area contributed by atoms with Crippen molar-refractivity contribution in [3.8, 4) is 5.82 Å². The predicted molar refractivity (Wildman–Crippen MR) is 85.1 cm³/mol. The van der Waals surface area contributed by atoms with Gasteiger partial charge in [-0.1, -0.05) is 13.8 Å². The largest absolute Gasteiger partial charge is 0.480 e. The van der Waals surface area contributed by atoms with E-state index in [0.29, 0.717) is 17.9 Å². The first kappa shape index (κ1) is 17.4. The highest BCUT2D eigenvalue weighted by Crippen LogP contribution is 2.12. The molecule has 0 radical (unpaired) electrons. The SMILES string of the molecule is Cc1c(C(=O)N[C@@H](CC(C)C)C(=O)O)cnn1-c1ccc(=O)[nH]n1. The summed E-state index contributed by atoms with van der Waals surface area (Å²) in [5.41, 5.74) is 0.387. The van der Waals surface area contributed by atoms with Gasteiger partial charge in [0.05, 0.1) is 17.5 Å². The van der Waals surface area contributed by atoms with Crippen LogP contribution in [-0.2, 0) is 4.79 Å². The van der Waals surface area contributed by atoms with Crippen molar-refractivity contribution < 1.29 is 14.7 Å². The van der Waals surface area contributed by atoms with Crippen LogP contribution in [0.1, 0.15) is 36.3 Å². The van der Waals surface area contributed by atoms with Crippen LogP contribution in [0.4, 0.5) is 0 Å². The summed E-state index contributed by atoms with van der Waals surface area (Å²) in [6.45, 7) is 5.42. The Kier molecular flexibility index (Phi) is 5.12. The number of carbonyl (C=O) groups is 2. The smallest absolute Gasteiger partial charge is 0.326 e. The average molecular weight is 333 g/mol. The summed E-state index contributed by atoms with van der Waals surface area (Å²) in [5, 5.41) is 21.9. The Hall–Kier alpha value is -2.97. The Balaban J connectivity index is 2.23. The van der Waals surface area contributed by atoms with Crippen LogP contribution in [0.25, 0.3) is 5.82 Å². The number of amides is 1. The average Bonchev–Trinajstić information content (AvgIpc) is 2.88. The highest BCUT2D eigenvalue weighted by atomic mass is 16.4. The van der Waals surface area contributed by atoms with Crippen molar-refractivity contribution in [2.24, 2.45) is 5.92 Å². The van der Waals surface area contributed by atoms with E-state index in [1.807, 2.05) is 13.8 Å². The number of nitrogens with one attached hydrogen (secondary N) is 2. The fourth-order valence-electron chi connectivity index (χ4n) is 2.25. The van der Waals surface area contributed by atoms with E-state index in [2.05, 4.69) is 20.6 Å². The maximum atomic E-state index is 12.4. The number of carboxylic acids is 1. The number of nitrogens with zero attached hydrogens (tertiary/aromatic N) is 3. The molecule has 0 bridgehead atoms. The van der Waals surface area contributed by atoms with Crippen LogP contribution in [0.3, 0.4) is 0 Å². The summed E-state index contributed by atoms with van der Waals surface area (Å²) >= 11 is 0. The Morgan fingerprint density at radius 2 is 2.08 bits per heavy atom. The number of carbonyl (C=O) groups excluding carboxylic acids is 1. The van der Waals surface area contributed by atoms with Gasteiger partial charge in [-0.15, -0.1) is 0 Å². The highest BCUT2D eigenvalue weighted by Gasteiger charge is 2.24. The molecule has 0 aromatic carbocycles. The van der Waals surface area contributed by atoms with Gasteiger partial charge in [0.1, 0.15) is 6.04 Å². The van der Waals surface area contributed by atoms with Crippen LogP contribution in [-0.4, -0.2) is 43.0 Å². The summed E-state index contributed by atoms with van der Waals surface area (Å²) in [7, 11) is 0. The fraction of sp³-hybridized carbons (Fsp3) is 0.400. The first-order valence-corrected chi connectivity index (χ1v) is 7.44. The topological polar surface area (TPSA) is 130 Å². The maximum Gasteiger partial charge on any atom is 0.326 e. The molecule has 2 aromatic rings. The van der Waals surface area contributed by atoms with Crippen molar-refractivity contribution in [2.45, 2.75) is 33.2 Å². The van der Waals surface area contributed by atoms with Gasteiger partial charge < -0.3 is 10.4 Å². The van der Waals surface area contributed by atoms with Crippen LogP contribution < -0.4 is 10.9 Å². The Labute approximate surface area is 137 Å². The van der Waals surface area contributed by atoms with Crippen molar-refractivity contribution in [1.29, 1.82) is 0 Å². The monoisotopic (exact) mass is 333 g/mol. The number of rotatable bonds is 6. The second-order valence-electron chi connectivity index (χ2n) is 5.83. The molecule has 9 heteroatoms. The van der Waals surface area contributed by atoms with E-state index in [-0.39, 0.29) is 17.0 Å². The van der Waals surface area contributed by atoms with Gasteiger partial charge in [0.2, 0.25) is 0 Å². The van der Waals surface area contributed by atoms with Crippen molar-refractivity contribution in [3.05, 3.63) is 39.9 Å². The minimum absolute atomic E-state index is 0.126. The summed E-state index contributed by atoms with van der Waals surface area (Å²) in [6.07, 6.45) is 1.67. The van der Waals surface area contributed by atoms with Gasteiger partial charge in [0.25, 0.3) is 11.5 Å². The molecule has 2 aromatic heterocycles. The second-order valence-corrected chi connectivity index (χ2v) is 5.83. The molecule has 1 amide bonds. The molecule has 0 saturated carbocycles. The molecule has 2 rings (SSSR count). The van der Waals surface area contributed by atoms with Crippen molar-refractivity contribution in [3.63, 3.8) is 0 Å². The van der Waals surface area contributed by atoms with Gasteiger partial charge in [-0.05, 0) is 25.3 Å². The summed E-state index contributed by atoms with van der Waals surface area (Å²) < 4.78 is 1.39. The lowest BCUT2D eigenvalue weighted by molar-refractivity contribution is -0.139. The zero-order valence-corrected chi connectivity index (χ0v) is 13.6. The number of H-pyrrole nitrogens is 1. The van der Waals surface area contributed by atoms with Crippen LogP contribution in [0.5, 0.6) is 0 Å². The van der Waals surface area contributed by atoms with E-state index < -0.39 is 17.9 Å². The summed E-state index contributed by atoms with van der Waals surface area (Å²) in [4.78, 5) is 34.7. The van der Waals surface area contributed by atoms with Crippen LogP contribution in [0.2, 0.25) is 0 Å². The third-order valence-electron chi connectivity index (χ3n) is 3.45. The van der Waals surface area contributed by atoms with Crippen molar-refractivity contribution in [2.75, 3.05) is 0 Å². The molecule has 0 spiro atoms. The Bertz CT molecular complexity index is 788. The van der Waals surface area contributed by atoms with E-state index in [4.69, 9.17) is 0 Å². The zero-order chi connectivity index (χ0) is 17.9. The first-order chi connectivity index (χ1) is 11.3. The van der Waals surface area contributed by atoms with Gasteiger partial charge in [0.15, 0.2) is 5.82 Å². The fourth-order valence-corrected chi connectivity index (χ4v) is 2.25. The van der Waals surface area contributed by atoms with Gasteiger partial charge in [-0.3, -0.25) is 9.59 Å². The molecule has 9 nitrogen and oxygen atoms in total. The third kappa shape index (κ3) is 3.86. The molecule has 0 fully saturated rings. The molecular formula is C15H19N5O4. The second kappa shape index (κ2) is 7.07. The van der Waals surface area contributed by atoms with Crippen LogP contribution >= 0.6 is 0 Å². The Morgan fingerprint density at radius 1 is 1.38 bits per heavy atom. The quantitative estimate of drug-likeness (QED) is 0.705. The molecule has 0 saturated heterocycles. The summed E-state index contributed by atoms with van der Waals surface area (Å²) in [5.74, 6) is -1.12. The van der Waals surface area contributed by atoms with Crippen molar-refractivity contribution >= 4 is 11.9 Å². The lowest BCUT2D eigenvalue weighted by atomic mass is 10.0. The zero-order valence-electron chi connectivity index (χ0n) is 13.6. The molecule has 24 heavy (non-hydrogen) atoms. The lowest BCUT2D eigenvalue weighted by Gasteiger charge is -2.16. The van der Waals surface area contributed by atoms with Gasteiger partial charge in [-0.2, -0.15) is 10.2 Å². The predicted octanol–water partition coefficient (Wildman–Crippen LogP) is 0.493. The standard InChI is InChI=1S/C15H19N5O4/c1-8(2)6-11(15(23)24)17-14(22)10-7-16-20(9(10)3)12-4-5-13(21)19-18-12/h4-5,7-8,11H,6H2,1-3H3,(H,17,22)(H,19,21)(H,23,24)/t11-/m0/s1. The van der Waals surface area contributed by atoms with E-state index in [9.17, 15) is 19.5 Å². The molecule has 128 valence electrons. The molecule has 0 aliphatic rings. The lowest BCUT2D eigenvalue weighted by Crippen LogP contribution is -2.41. The van der Waals surface area contributed by atoms with E-state index in [0.717, 1.165) is 0 Å². The maximum absolute atomic E-state index is 12.4. The van der Waals surface area contributed by atoms with E-state index >= 15 is 0 Å². The van der Waals surface area contributed by atoms with Crippen LogP contribution in [0.15, 0.2) is 23.1 Å². The molecule has 0 aliphatic carbocycles. The number of aliphatic carboxylic acids is 1. The van der Waals surface area contributed by atoms with E-state index in [1.54, 1.807) is 6.92 Å². The highest BCUT2D eigenvalue weighted by molar-refractivity contribution is 5.97. The van der Waals surface area contributed by atoms with Gasteiger partial charge >= 0.3 is 5.97 Å². The number of hydrogen-bond donors (Lipinski definition) is 3. The first-order valence-electron chi connectivity index (χ1n) is 7.44. The molecule has 0 aliphatic heterocycles. The van der Waals surface area contributed by atoms with Gasteiger partial charge in [0, 0.05) is 6.07 Å². The number of hydrogen-bond acceptors (Lipinski definition) is 5. The molecule has 3 N–H and O–H groups in total. The molecule has 0 unspecified atom stereocenters. The Morgan fingerprint density at radius 3 is 2.62 bits per heavy atom. The number of aromatic nitrogens is 4.